The van der Waals surface area contributed by atoms with Gasteiger partial charge in [-0.05, 0) is 37.4 Å². The molecule has 0 bridgehead atoms. The molecule has 1 aliphatic heterocycles. The lowest BCUT2D eigenvalue weighted by Crippen LogP contribution is -2.39. The van der Waals surface area contributed by atoms with Gasteiger partial charge in [0.25, 0.3) is 0 Å². The van der Waals surface area contributed by atoms with Crippen molar-refractivity contribution in [3.8, 4) is 0 Å². The van der Waals surface area contributed by atoms with Crippen LogP contribution in [0.25, 0.3) is 0 Å². The van der Waals surface area contributed by atoms with E-state index in [1.165, 1.54) is 0 Å². The zero-order valence-electron chi connectivity index (χ0n) is 12.2. The number of alkyl halides is 3. The molecule has 5 heteroatoms. The first kappa shape index (κ1) is 16.3. The Morgan fingerprint density at radius 1 is 1.19 bits per heavy atom. The minimum absolute atomic E-state index is 0.0783. The predicted molar refractivity (Wildman–Crippen MR) is 78.0 cm³/mol. The van der Waals surface area contributed by atoms with Crippen molar-refractivity contribution in [2.75, 3.05) is 26.2 Å². The SMILES string of the molecule is FC(F)(F)CCN(Cc1ccccc1)CC1CCCNC1. The van der Waals surface area contributed by atoms with E-state index in [9.17, 15) is 13.2 Å². The molecular formula is C16H23F3N2. The Labute approximate surface area is 124 Å². The van der Waals surface area contributed by atoms with Gasteiger partial charge in [-0.2, -0.15) is 13.2 Å². The second-order valence-corrected chi connectivity index (χ2v) is 5.80. The molecule has 0 spiro atoms. The summed E-state index contributed by atoms with van der Waals surface area (Å²) in [7, 11) is 0. The van der Waals surface area contributed by atoms with Gasteiger partial charge in [-0.1, -0.05) is 30.3 Å². The summed E-state index contributed by atoms with van der Waals surface area (Å²) in [5, 5.41) is 3.33. The molecule has 1 atom stereocenters. The standard InChI is InChI=1S/C16H23F3N2/c17-16(18,19)8-10-21(12-14-5-2-1-3-6-14)13-15-7-4-9-20-11-15/h1-3,5-6,15,20H,4,7-13H2. The maximum absolute atomic E-state index is 12.5. The third-order valence-electron chi connectivity index (χ3n) is 3.88. The molecule has 118 valence electrons. The van der Waals surface area contributed by atoms with Crippen LogP contribution in [-0.4, -0.2) is 37.3 Å². The van der Waals surface area contributed by atoms with Gasteiger partial charge in [-0.25, -0.2) is 0 Å². The van der Waals surface area contributed by atoms with Crippen LogP contribution in [0.5, 0.6) is 0 Å². The molecule has 1 saturated heterocycles. The number of piperidine rings is 1. The molecule has 2 rings (SSSR count). The van der Waals surface area contributed by atoms with Gasteiger partial charge in [0.15, 0.2) is 0 Å². The van der Waals surface area contributed by atoms with Crippen LogP contribution >= 0.6 is 0 Å². The van der Waals surface area contributed by atoms with E-state index in [0.717, 1.165) is 38.0 Å². The van der Waals surface area contributed by atoms with Gasteiger partial charge in [0.05, 0.1) is 6.42 Å². The van der Waals surface area contributed by atoms with Gasteiger partial charge in [0, 0.05) is 19.6 Å². The molecule has 21 heavy (non-hydrogen) atoms. The summed E-state index contributed by atoms with van der Waals surface area (Å²) in [5.41, 5.74) is 1.07. The van der Waals surface area contributed by atoms with Crippen LogP contribution in [0, 0.1) is 5.92 Å². The monoisotopic (exact) mass is 300 g/mol. The molecule has 1 aliphatic rings. The molecule has 0 aliphatic carbocycles. The van der Waals surface area contributed by atoms with Crippen LogP contribution in [0.4, 0.5) is 13.2 Å². The maximum Gasteiger partial charge on any atom is 0.390 e. The van der Waals surface area contributed by atoms with Crippen molar-refractivity contribution in [2.45, 2.75) is 32.0 Å². The number of hydrogen-bond acceptors (Lipinski definition) is 2. The summed E-state index contributed by atoms with van der Waals surface area (Å²) in [6.07, 6.45) is -2.60. The molecule has 0 aromatic heterocycles. The highest BCUT2D eigenvalue weighted by molar-refractivity contribution is 5.14. The fourth-order valence-electron chi connectivity index (χ4n) is 2.81. The van der Waals surface area contributed by atoms with Crippen molar-refractivity contribution >= 4 is 0 Å². The molecule has 1 aromatic rings. The average Bonchev–Trinajstić information content (AvgIpc) is 2.46. The molecule has 0 radical (unpaired) electrons. The van der Waals surface area contributed by atoms with Crippen molar-refractivity contribution < 1.29 is 13.2 Å². The zero-order valence-corrected chi connectivity index (χ0v) is 12.2. The lowest BCUT2D eigenvalue weighted by atomic mass is 9.98. The van der Waals surface area contributed by atoms with E-state index >= 15 is 0 Å². The van der Waals surface area contributed by atoms with Crippen LogP contribution in [0.15, 0.2) is 30.3 Å². The Morgan fingerprint density at radius 2 is 1.95 bits per heavy atom. The summed E-state index contributed by atoms with van der Waals surface area (Å²) in [4.78, 5) is 1.94. The molecule has 2 nitrogen and oxygen atoms in total. The maximum atomic E-state index is 12.5. The number of benzene rings is 1. The van der Waals surface area contributed by atoms with E-state index < -0.39 is 12.6 Å². The second-order valence-electron chi connectivity index (χ2n) is 5.80. The summed E-state index contributed by atoms with van der Waals surface area (Å²) in [6, 6.07) is 9.73. The molecule has 1 N–H and O–H groups in total. The van der Waals surface area contributed by atoms with Gasteiger partial charge in [-0.15, -0.1) is 0 Å². The van der Waals surface area contributed by atoms with Crippen molar-refractivity contribution in [1.82, 2.24) is 10.2 Å². The molecule has 1 unspecified atom stereocenters. The largest absolute Gasteiger partial charge is 0.390 e. The van der Waals surface area contributed by atoms with Crippen LogP contribution < -0.4 is 5.32 Å². The van der Waals surface area contributed by atoms with Gasteiger partial charge in [-0.3, -0.25) is 4.90 Å². The summed E-state index contributed by atoms with van der Waals surface area (Å²) >= 11 is 0. The Bertz CT molecular complexity index is 400. The highest BCUT2D eigenvalue weighted by Crippen LogP contribution is 2.21. The number of nitrogens with one attached hydrogen (secondary N) is 1. The van der Waals surface area contributed by atoms with Crippen LogP contribution in [0.2, 0.25) is 0 Å². The first-order chi connectivity index (χ1) is 10.0. The summed E-state index contributed by atoms with van der Waals surface area (Å²) in [6.45, 7) is 3.34. The molecule has 0 amide bonds. The van der Waals surface area contributed by atoms with Gasteiger partial charge >= 0.3 is 6.18 Å². The quantitative estimate of drug-likeness (QED) is 0.866. The Balaban J connectivity index is 1.92. The van der Waals surface area contributed by atoms with Crippen molar-refractivity contribution in [2.24, 2.45) is 5.92 Å². The molecule has 0 saturated carbocycles. The minimum Gasteiger partial charge on any atom is -0.316 e. The first-order valence-electron chi connectivity index (χ1n) is 7.57. The summed E-state index contributed by atoms with van der Waals surface area (Å²) in [5.74, 6) is 0.454. The number of rotatable bonds is 6. The smallest absolute Gasteiger partial charge is 0.316 e. The third-order valence-corrected chi connectivity index (χ3v) is 3.88. The highest BCUT2D eigenvalue weighted by Gasteiger charge is 2.28. The van der Waals surface area contributed by atoms with E-state index in [2.05, 4.69) is 5.32 Å². The number of nitrogens with zero attached hydrogens (tertiary/aromatic N) is 1. The second kappa shape index (κ2) is 7.80. The number of halogens is 3. The lowest BCUT2D eigenvalue weighted by Gasteiger charge is -2.30. The minimum atomic E-state index is -4.08. The van der Waals surface area contributed by atoms with Gasteiger partial charge in [0.2, 0.25) is 0 Å². The van der Waals surface area contributed by atoms with E-state index in [4.69, 9.17) is 0 Å². The fourth-order valence-corrected chi connectivity index (χ4v) is 2.81. The number of hydrogen-bond donors (Lipinski definition) is 1. The molecule has 1 aromatic carbocycles. The van der Waals surface area contributed by atoms with Crippen molar-refractivity contribution in [3.05, 3.63) is 35.9 Å². The highest BCUT2D eigenvalue weighted by atomic mass is 19.4. The molecular weight excluding hydrogens is 277 g/mol. The Morgan fingerprint density at radius 3 is 2.57 bits per heavy atom. The predicted octanol–water partition coefficient (Wildman–Crippen LogP) is 3.44. The van der Waals surface area contributed by atoms with Crippen LogP contribution in [0.3, 0.4) is 0 Å². The van der Waals surface area contributed by atoms with Crippen molar-refractivity contribution in [3.63, 3.8) is 0 Å². The van der Waals surface area contributed by atoms with E-state index in [1.54, 1.807) is 0 Å². The van der Waals surface area contributed by atoms with Gasteiger partial charge in [0.1, 0.15) is 0 Å². The first-order valence-corrected chi connectivity index (χ1v) is 7.57. The lowest BCUT2D eigenvalue weighted by molar-refractivity contribution is -0.138. The van der Waals surface area contributed by atoms with Crippen LogP contribution in [0.1, 0.15) is 24.8 Å². The van der Waals surface area contributed by atoms with E-state index in [1.807, 2.05) is 35.2 Å². The molecule has 1 fully saturated rings. The van der Waals surface area contributed by atoms with E-state index in [-0.39, 0.29) is 6.54 Å². The van der Waals surface area contributed by atoms with E-state index in [0.29, 0.717) is 12.5 Å². The zero-order chi connectivity index (χ0) is 15.1. The fraction of sp³-hybridized carbons (Fsp3) is 0.625. The van der Waals surface area contributed by atoms with Crippen molar-refractivity contribution in [1.29, 1.82) is 0 Å². The average molecular weight is 300 g/mol. The topological polar surface area (TPSA) is 15.3 Å². The summed E-state index contributed by atoms with van der Waals surface area (Å²) < 4.78 is 37.5. The third kappa shape index (κ3) is 6.48. The Hall–Kier alpha value is -1.07. The Kier molecular flexibility index (Phi) is 6.06. The molecule has 1 heterocycles. The van der Waals surface area contributed by atoms with Crippen LogP contribution in [-0.2, 0) is 6.54 Å². The normalized spacial score (nSPS) is 19.9. The van der Waals surface area contributed by atoms with Gasteiger partial charge < -0.3 is 5.32 Å².